The van der Waals surface area contributed by atoms with E-state index >= 15 is 0 Å². The second-order valence-corrected chi connectivity index (χ2v) is 5.68. The summed E-state index contributed by atoms with van der Waals surface area (Å²) in [5.74, 6) is 0.411. The van der Waals surface area contributed by atoms with Crippen LogP contribution in [0.25, 0.3) is 10.8 Å². The van der Waals surface area contributed by atoms with Crippen LogP contribution in [0.3, 0.4) is 0 Å². The number of hydrogen-bond donors (Lipinski definition) is 1. The fourth-order valence-electron chi connectivity index (χ4n) is 3.22. The van der Waals surface area contributed by atoms with Gasteiger partial charge in [-0.3, -0.25) is 4.79 Å². The molecule has 2 atom stereocenters. The fraction of sp³-hybridized carbons (Fsp3) is 0.389. The van der Waals surface area contributed by atoms with Crippen molar-refractivity contribution in [3.63, 3.8) is 0 Å². The van der Waals surface area contributed by atoms with Crippen molar-refractivity contribution >= 4 is 16.7 Å². The lowest BCUT2D eigenvalue weighted by atomic mass is 9.89. The second kappa shape index (κ2) is 6.36. The van der Waals surface area contributed by atoms with Gasteiger partial charge in [0.15, 0.2) is 0 Å². The summed E-state index contributed by atoms with van der Waals surface area (Å²) in [5.41, 5.74) is 1.00. The zero-order valence-electron chi connectivity index (χ0n) is 13.0. The highest BCUT2D eigenvalue weighted by molar-refractivity contribution is 5.87. The van der Waals surface area contributed by atoms with Crippen molar-refractivity contribution in [1.29, 1.82) is 0 Å². The van der Waals surface area contributed by atoms with Crippen LogP contribution in [0.1, 0.15) is 24.3 Å². The number of fused-ring (bicyclic) bond motifs is 1. The van der Waals surface area contributed by atoms with E-state index in [1.54, 1.807) is 7.11 Å². The molecule has 1 aliphatic rings. The lowest BCUT2D eigenvalue weighted by Gasteiger charge is -2.22. The quantitative estimate of drug-likeness (QED) is 0.882. The summed E-state index contributed by atoms with van der Waals surface area (Å²) in [6.45, 7) is 0.961. The number of methoxy groups -OCH3 is 2. The van der Waals surface area contributed by atoms with E-state index in [1.165, 1.54) is 7.11 Å². The summed E-state index contributed by atoms with van der Waals surface area (Å²) >= 11 is 0. The fourth-order valence-corrected chi connectivity index (χ4v) is 3.22. The zero-order chi connectivity index (χ0) is 15.5. The standard InChI is InChI=1S/C18H21NO3/c1-21-15-8-7-12-10-14(6-5-13(12)11-15)17(18(20)22-2)16-4-3-9-19-16/h5-8,10-11,16-17,19H,3-4,9H2,1-2H3/t16-,17+/m0/s1. The Morgan fingerprint density at radius 1 is 1.18 bits per heavy atom. The minimum absolute atomic E-state index is 0.156. The topological polar surface area (TPSA) is 47.6 Å². The predicted octanol–water partition coefficient (Wildman–Crippen LogP) is 2.86. The molecule has 1 N–H and O–H groups in total. The van der Waals surface area contributed by atoms with E-state index in [-0.39, 0.29) is 17.9 Å². The van der Waals surface area contributed by atoms with Crippen LogP contribution >= 0.6 is 0 Å². The Balaban J connectivity index is 1.99. The van der Waals surface area contributed by atoms with Gasteiger partial charge in [0.1, 0.15) is 5.75 Å². The molecule has 116 valence electrons. The molecule has 4 nitrogen and oxygen atoms in total. The molecule has 1 aliphatic heterocycles. The molecule has 2 aromatic carbocycles. The molecule has 2 aromatic rings. The van der Waals surface area contributed by atoms with Gasteiger partial charge in [0.05, 0.1) is 20.1 Å². The van der Waals surface area contributed by atoms with Crippen LogP contribution in [0.5, 0.6) is 5.75 Å². The van der Waals surface area contributed by atoms with Crippen molar-refractivity contribution in [2.45, 2.75) is 24.8 Å². The van der Waals surface area contributed by atoms with Crippen molar-refractivity contribution < 1.29 is 14.3 Å². The molecule has 0 spiro atoms. The van der Waals surface area contributed by atoms with Crippen molar-refractivity contribution in [3.8, 4) is 5.75 Å². The summed E-state index contributed by atoms with van der Waals surface area (Å²) < 4.78 is 10.3. The summed E-state index contributed by atoms with van der Waals surface area (Å²) in [7, 11) is 3.12. The van der Waals surface area contributed by atoms with Crippen LogP contribution in [0, 0.1) is 0 Å². The smallest absolute Gasteiger partial charge is 0.314 e. The first-order chi connectivity index (χ1) is 10.7. The molecule has 1 heterocycles. The average Bonchev–Trinajstić information content (AvgIpc) is 3.08. The largest absolute Gasteiger partial charge is 0.497 e. The van der Waals surface area contributed by atoms with Gasteiger partial charge in [0, 0.05) is 6.04 Å². The number of nitrogens with one attached hydrogen (secondary N) is 1. The number of carbonyl (C=O) groups excluding carboxylic acids is 1. The minimum Gasteiger partial charge on any atom is -0.497 e. The predicted molar refractivity (Wildman–Crippen MR) is 86.3 cm³/mol. The van der Waals surface area contributed by atoms with E-state index in [0.29, 0.717) is 0 Å². The first-order valence-corrected chi connectivity index (χ1v) is 7.62. The van der Waals surface area contributed by atoms with Gasteiger partial charge in [-0.05, 0) is 47.9 Å². The number of hydrogen-bond acceptors (Lipinski definition) is 4. The van der Waals surface area contributed by atoms with Crippen LogP contribution in [0.15, 0.2) is 36.4 Å². The molecule has 0 radical (unpaired) electrons. The van der Waals surface area contributed by atoms with E-state index in [9.17, 15) is 4.79 Å². The average molecular weight is 299 g/mol. The number of rotatable bonds is 4. The highest BCUT2D eigenvalue weighted by atomic mass is 16.5. The lowest BCUT2D eigenvalue weighted by Crippen LogP contribution is -2.34. The molecule has 1 saturated heterocycles. The van der Waals surface area contributed by atoms with E-state index in [4.69, 9.17) is 9.47 Å². The maximum Gasteiger partial charge on any atom is 0.314 e. The number of carbonyl (C=O) groups is 1. The normalized spacial score (nSPS) is 19.1. The van der Waals surface area contributed by atoms with Gasteiger partial charge < -0.3 is 14.8 Å². The number of benzene rings is 2. The molecular weight excluding hydrogens is 278 g/mol. The Bertz CT molecular complexity index is 677. The highest BCUT2D eigenvalue weighted by Gasteiger charge is 2.32. The van der Waals surface area contributed by atoms with Crippen LogP contribution in [0.2, 0.25) is 0 Å². The van der Waals surface area contributed by atoms with Gasteiger partial charge in [0.2, 0.25) is 0 Å². The van der Waals surface area contributed by atoms with Crippen molar-refractivity contribution in [2.75, 3.05) is 20.8 Å². The Hall–Kier alpha value is -2.07. The van der Waals surface area contributed by atoms with Crippen LogP contribution in [-0.4, -0.2) is 32.8 Å². The Kier molecular flexibility index (Phi) is 4.29. The van der Waals surface area contributed by atoms with Crippen LogP contribution in [-0.2, 0) is 9.53 Å². The second-order valence-electron chi connectivity index (χ2n) is 5.68. The van der Waals surface area contributed by atoms with Gasteiger partial charge >= 0.3 is 5.97 Å². The minimum atomic E-state index is -0.251. The molecule has 0 saturated carbocycles. The number of esters is 1. The molecule has 0 aliphatic carbocycles. The van der Waals surface area contributed by atoms with E-state index < -0.39 is 0 Å². The summed E-state index contributed by atoms with van der Waals surface area (Å²) in [4.78, 5) is 12.3. The molecule has 1 fully saturated rings. The molecule has 0 amide bonds. The summed E-state index contributed by atoms with van der Waals surface area (Å²) in [5, 5.41) is 5.62. The summed E-state index contributed by atoms with van der Waals surface area (Å²) in [6, 6.07) is 12.3. The molecule has 0 unspecified atom stereocenters. The Morgan fingerprint density at radius 2 is 1.95 bits per heavy atom. The van der Waals surface area contributed by atoms with Gasteiger partial charge in [-0.2, -0.15) is 0 Å². The SMILES string of the molecule is COC(=O)[C@H](c1ccc2cc(OC)ccc2c1)[C@@H]1CCCN1. The monoisotopic (exact) mass is 299 g/mol. The molecule has 22 heavy (non-hydrogen) atoms. The van der Waals surface area contributed by atoms with E-state index in [2.05, 4.69) is 11.4 Å². The maximum absolute atomic E-state index is 12.3. The highest BCUT2D eigenvalue weighted by Crippen LogP contribution is 2.30. The maximum atomic E-state index is 12.3. The van der Waals surface area contributed by atoms with E-state index in [0.717, 1.165) is 41.5 Å². The first-order valence-electron chi connectivity index (χ1n) is 7.62. The Labute approximate surface area is 130 Å². The first kappa shape index (κ1) is 14.9. The van der Waals surface area contributed by atoms with Gasteiger partial charge in [-0.15, -0.1) is 0 Å². The molecule has 4 heteroatoms. The number of ether oxygens (including phenoxy) is 2. The molecular formula is C18H21NO3. The molecule has 0 bridgehead atoms. The third-order valence-corrected chi connectivity index (χ3v) is 4.39. The van der Waals surface area contributed by atoms with Crippen molar-refractivity contribution in [2.24, 2.45) is 0 Å². The summed E-state index contributed by atoms with van der Waals surface area (Å²) in [6.07, 6.45) is 2.10. The van der Waals surface area contributed by atoms with Gasteiger partial charge in [0.25, 0.3) is 0 Å². The molecule has 3 rings (SSSR count). The third-order valence-electron chi connectivity index (χ3n) is 4.39. The van der Waals surface area contributed by atoms with Crippen molar-refractivity contribution in [3.05, 3.63) is 42.0 Å². The molecule has 0 aromatic heterocycles. The third kappa shape index (κ3) is 2.79. The van der Waals surface area contributed by atoms with E-state index in [1.807, 2.05) is 30.3 Å². The van der Waals surface area contributed by atoms with Gasteiger partial charge in [-0.25, -0.2) is 0 Å². The zero-order valence-corrected chi connectivity index (χ0v) is 13.0. The van der Waals surface area contributed by atoms with Crippen molar-refractivity contribution in [1.82, 2.24) is 5.32 Å². The van der Waals surface area contributed by atoms with Gasteiger partial charge in [-0.1, -0.05) is 24.3 Å². The Morgan fingerprint density at radius 3 is 2.64 bits per heavy atom. The van der Waals surface area contributed by atoms with Crippen LogP contribution < -0.4 is 10.1 Å². The van der Waals surface area contributed by atoms with Crippen LogP contribution in [0.4, 0.5) is 0 Å². The lowest BCUT2D eigenvalue weighted by molar-refractivity contribution is -0.143.